The minimum absolute atomic E-state index is 0.115. The van der Waals surface area contributed by atoms with Gasteiger partial charge in [0.25, 0.3) is 5.91 Å². The van der Waals surface area contributed by atoms with E-state index in [-0.39, 0.29) is 18.5 Å². The van der Waals surface area contributed by atoms with Crippen molar-refractivity contribution in [2.75, 3.05) is 13.7 Å². The highest BCUT2D eigenvalue weighted by Crippen LogP contribution is 2.09. The molecule has 0 saturated heterocycles. The maximum absolute atomic E-state index is 11.6. The van der Waals surface area contributed by atoms with Gasteiger partial charge in [-0.3, -0.25) is 4.79 Å². The molecular weight excluding hydrogens is 192 g/mol. The topological polar surface area (TPSA) is 64.4 Å². The van der Waals surface area contributed by atoms with Gasteiger partial charge in [0.15, 0.2) is 0 Å². The molecule has 3 atom stereocenters. The molecular formula is C11H24N2O2. The van der Waals surface area contributed by atoms with Crippen LogP contribution in [0.25, 0.3) is 0 Å². The molecule has 0 heterocycles. The molecule has 0 aliphatic rings. The van der Waals surface area contributed by atoms with Crippen LogP contribution in [0.1, 0.15) is 33.6 Å². The van der Waals surface area contributed by atoms with Gasteiger partial charge in [0.2, 0.25) is 0 Å². The summed E-state index contributed by atoms with van der Waals surface area (Å²) in [6, 6.07) is 0.177. The zero-order chi connectivity index (χ0) is 11.8. The fourth-order valence-electron chi connectivity index (χ4n) is 1.48. The molecule has 0 radical (unpaired) electrons. The summed E-state index contributed by atoms with van der Waals surface area (Å²) in [7, 11) is 1.50. The predicted octanol–water partition coefficient (Wildman–Crippen LogP) is 0.901. The molecule has 4 heteroatoms. The predicted molar refractivity (Wildman–Crippen MR) is 61.5 cm³/mol. The van der Waals surface area contributed by atoms with Gasteiger partial charge in [-0.25, -0.2) is 0 Å². The molecule has 0 rings (SSSR count). The van der Waals surface area contributed by atoms with Crippen LogP contribution in [0.15, 0.2) is 0 Å². The maximum atomic E-state index is 11.6. The second-order valence-corrected chi connectivity index (χ2v) is 4.12. The first kappa shape index (κ1) is 14.4. The number of nitrogens with two attached hydrogens (primary N) is 1. The monoisotopic (exact) mass is 216 g/mol. The Kier molecular flexibility index (Phi) is 7.34. The van der Waals surface area contributed by atoms with Crippen LogP contribution in [0.5, 0.6) is 0 Å². The Morgan fingerprint density at radius 1 is 1.47 bits per heavy atom. The standard InChI is InChI=1S/C11H24N2O2/c1-5-8(2)6-9(3)13-11(14)10(7-12)15-4/h8-10H,5-7,12H2,1-4H3,(H,13,14). The highest BCUT2D eigenvalue weighted by molar-refractivity contribution is 5.81. The van der Waals surface area contributed by atoms with Crippen LogP contribution in [0.4, 0.5) is 0 Å². The first-order valence-corrected chi connectivity index (χ1v) is 5.58. The van der Waals surface area contributed by atoms with Gasteiger partial charge in [-0.15, -0.1) is 0 Å². The Balaban J connectivity index is 3.94. The first-order chi connectivity index (χ1) is 7.04. The number of hydrogen-bond donors (Lipinski definition) is 2. The van der Waals surface area contributed by atoms with E-state index in [1.807, 2.05) is 6.92 Å². The van der Waals surface area contributed by atoms with Gasteiger partial charge in [-0.2, -0.15) is 0 Å². The first-order valence-electron chi connectivity index (χ1n) is 5.58. The average molecular weight is 216 g/mol. The summed E-state index contributed by atoms with van der Waals surface area (Å²) in [5, 5.41) is 2.90. The van der Waals surface area contributed by atoms with Gasteiger partial charge in [0, 0.05) is 19.7 Å². The second kappa shape index (κ2) is 7.65. The summed E-state index contributed by atoms with van der Waals surface area (Å²) in [4.78, 5) is 11.6. The van der Waals surface area contributed by atoms with Gasteiger partial charge in [-0.1, -0.05) is 20.3 Å². The van der Waals surface area contributed by atoms with Crippen LogP contribution in [-0.4, -0.2) is 31.7 Å². The van der Waals surface area contributed by atoms with E-state index in [0.717, 1.165) is 12.8 Å². The van der Waals surface area contributed by atoms with E-state index in [2.05, 4.69) is 19.2 Å². The Morgan fingerprint density at radius 2 is 2.07 bits per heavy atom. The van der Waals surface area contributed by atoms with Crippen LogP contribution in [0.3, 0.4) is 0 Å². The minimum atomic E-state index is -0.524. The lowest BCUT2D eigenvalue weighted by molar-refractivity contribution is -0.131. The summed E-state index contributed by atoms with van der Waals surface area (Å²) >= 11 is 0. The van der Waals surface area contributed by atoms with Gasteiger partial charge < -0.3 is 15.8 Å². The smallest absolute Gasteiger partial charge is 0.250 e. The number of amides is 1. The molecule has 0 bridgehead atoms. The van der Waals surface area contributed by atoms with E-state index in [1.165, 1.54) is 7.11 Å². The van der Waals surface area contributed by atoms with Crippen molar-refractivity contribution in [3.05, 3.63) is 0 Å². The van der Waals surface area contributed by atoms with E-state index in [1.54, 1.807) is 0 Å². The van der Waals surface area contributed by atoms with Crippen LogP contribution in [-0.2, 0) is 9.53 Å². The molecule has 1 amide bonds. The van der Waals surface area contributed by atoms with E-state index < -0.39 is 6.10 Å². The molecule has 0 aromatic carbocycles. The lowest BCUT2D eigenvalue weighted by Gasteiger charge is -2.20. The molecule has 90 valence electrons. The van der Waals surface area contributed by atoms with Crippen LogP contribution >= 0.6 is 0 Å². The maximum Gasteiger partial charge on any atom is 0.250 e. The van der Waals surface area contributed by atoms with Gasteiger partial charge in [-0.05, 0) is 19.3 Å². The summed E-state index contributed by atoms with van der Waals surface area (Å²) in [5.41, 5.74) is 5.40. The fourth-order valence-corrected chi connectivity index (χ4v) is 1.48. The van der Waals surface area contributed by atoms with E-state index >= 15 is 0 Å². The molecule has 0 aliphatic heterocycles. The molecule has 0 fully saturated rings. The molecule has 0 saturated carbocycles. The third-order valence-corrected chi connectivity index (χ3v) is 2.63. The van der Waals surface area contributed by atoms with Gasteiger partial charge in [0.1, 0.15) is 6.10 Å². The Morgan fingerprint density at radius 3 is 2.47 bits per heavy atom. The van der Waals surface area contributed by atoms with Crippen molar-refractivity contribution in [3.63, 3.8) is 0 Å². The van der Waals surface area contributed by atoms with Crippen molar-refractivity contribution < 1.29 is 9.53 Å². The van der Waals surface area contributed by atoms with Crippen molar-refractivity contribution in [2.45, 2.75) is 45.8 Å². The summed E-state index contributed by atoms with van der Waals surface area (Å²) in [6.45, 7) is 6.56. The van der Waals surface area contributed by atoms with E-state index in [4.69, 9.17) is 10.5 Å². The zero-order valence-corrected chi connectivity index (χ0v) is 10.2. The lowest BCUT2D eigenvalue weighted by Crippen LogP contribution is -2.44. The molecule has 15 heavy (non-hydrogen) atoms. The van der Waals surface area contributed by atoms with Crippen LogP contribution in [0.2, 0.25) is 0 Å². The zero-order valence-electron chi connectivity index (χ0n) is 10.2. The van der Waals surface area contributed by atoms with Crippen molar-refractivity contribution in [1.29, 1.82) is 0 Å². The second-order valence-electron chi connectivity index (χ2n) is 4.12. The number of ether oxygens (including phenoxy) is 1. The third kappa shape index (κ3) is 5.74. The minimum Gasteiger partial charge on any atom is -0.370 e. The van der Waals surface area contributed by atoms with Gasteiger partial charge in [0.05, 0.1) is 0 Å². The number of methoxy groups -OCH3 is 1. The fraction of sp³-hybridized carbons (Fsp3) is 0.909. The average Bonchev–Trinajstić information content (AvgIpc) is 2.19. The van der Waals surface area contributed by atoms with Crippen LogP contribution in [0, 0.1) is 5.92 Å². The Labute approximate surface area is 92.6 Å². The SMILES string of the molecule is CCC(C)CC(C)NC(=O)C(CN)OC. The Hall–Kier alpha value is -0.610. The quantitative estimate of drug-likeness (QED) is 0.664. The van der Waals surface area contributed by atoms with Gasteiger partial charge >= 0.3 is 0 Å². The summed E-state index contributed by atoms with van der Waals surface area (Å²) in [5.74, 6) is 0.509. The molecule has 0 spiro atoms. The largest absolute Gasteiger partial charge is 0.370 e. The number of carbonyl (C=O) groups is 1. The number of carbonyl (C=O) groups excluding carboxylic acids is 1. The van der Waals surface area contributed by atoms with Crippen LogP contribution < -0.4 is 11.1 Å². The molecule has 3 unspecified atom stereocenters. The third-order valence-electron chi connectivity index (χ3n) is 2.63. The normalized spacial score (nSPS) is 16.9. The number of hydrogen-bond acceptors (Lipinski definition) is 3. The summed E-state index contributed by atoms with van der Waals surface area (Å²) in [6.07, 6.45) is 1.60. The number of nitrogens with one attached hydrogen (secondary N) is 1. The van der Waals surface area contributed by atoms with E-state index in [9.17, 15) is 4.79 Å². The highest BCUT2D eigenvalue weighted by atomic mass is 16.5. The van der Waals surface area contributed by atoms with Crippen molar-refractivity contribution in [1.82, 2.24) is 5.32 Å². The molecule has 0 aliphatic carbocycles. The number of rotatable bonds is 7. The lowest BCUT2D eigenvalue weighted by atomic mass is 10.0. The van der Waals surface area contributed by atoms with Crippen molar-refractivity contribution in [3.8, 4) is 0 Å². The van der Waals surface area contributed by atoms with Crippen molar-refractivity contribution in [2.24, 2.45) is 11.7 Å². The van der Waals surface area contributed by atoms with Crippen molar-refractivity contribution >= 4 is 5.91 Å². The molecule has 0 aromatic rings. The Bertz CT molecular complexity index is 181. The highest BCUT2D eigenvalue weighted by Gasteiger charge is 2.18. The summed E-state index contributed by atoms with van der Waals surface area (Å²) < 4.78 is 4.96. The molecule has 4 nitrogen and oxygen atoms in total. The molecule has 0 aromatic heterocycles. The van der Waals surface area contributed by atoms with E-state index in [0.29, 0.717) is 5.92 Å². The molecule has 3 N–H and O–H groups in total.